The molecule has 9 aromatic rings. The molecular formula is C56H42N2. The lowest BCUT2D eigenvalue weighted by Gasteiger charge is -2.22. The zero-order chi connectivity index (χ0) is 39.1. The largest absolute Gasteiger partial charge is 0.309 e. The predicted molar refractivity (Wildman–Crippen MR) is 244 cm³/mol. The van der Waals surface area contributed by atoms with Gasteiger partial charge in [-0.15, -0.1) is 0 Å². The summed E-state index contributed by atoms with van der Waals surface area (Å²) in [5.74, 6) is 0. The summed E-state index contributed by atoms with van der Waals surface area (Å²) in [5, 5.41) is 2.51. The molecule has 1 heterocycles. The van der Waals surface area contributed by atoms with Crippen LogP contribution in [0.4, 0.5) is 0 Å². The lowest BCUT2D eigenvalue weighted by Crippen LogP contribution is -2.16. The molecule has 0 aliphatic heterocycles. The Morgan fingerprint density at radius 1 is 0.552 bits per heavy atom. The second-order valence-electron chi connectivity index (χ2n) is 16.5. The summed E-state index contributed by atoms with van der Waals surface area (Å²) in [6.07, 6.45) is 0.893. The number of aryl methyl sites for hydroxylation is 1. The summed E-state index contributed by atoms with van der Waals surface area (Å²) in [6.45, 7) is 11.6. The molecule has 0 fully saturated rings. The quantitative estimate of drug-likeness (QED) is 0.151. The van der Waals surface area contributed by atoms with Crippen molar-refractivity contribution < 1.29 is 0 Å². The van der Waals surface area contributed by atoms with E-state index in [4.69, 9.17) is 11.6 Å². The van der Waals surface area contributed by atoms with E-state index in [0.717, 1.165) is 34.5 Å². The van der Waals surface area contributed by atoms with Crippen molar-refractivity contribution in [3.63, 3.8) is 0 Å². The van der Waals surface area contributed by atoms with Crippen LogP contribution in [0.3, 0.4) is 0 Å². The van der Waals surface area contributed by atoms with Crippen molar-refractivity contribution >= 4 is 33.2 Å². The van der Waals surface area contributed by atoms with E-state index >= 15 is 0 Å². The van der Waals surface area contributed by atoms with Gasteiger partial charge in [0.05, 0.1) is 22.4 Å². The molecule has 58 heavy (non-hydrogen) atoms. The van der Waals surface area contributed by atoms with Gasteiger partial charge in [-0.2, -0.15) is 0 Å². The fraction of sp³-hybridized carbons (Fsp3) is 0.0893. The molecule has 2 aliphatic rings. The van der Waals surface area contributed by atoms with Crippen molar-refractivity contribution in [2.45, 2.75) is 32.6 Å². The second-order valence-corrected chi connectivity index (χ2v) is 16.5. The van der Waals surface area contributed by atoms with Crippen molar-refractivity contribution in [1.82, 2.24) is 4.57 Å². The van der Waals surface area contributed by atoms with Crippen LogP contribution >= 0.6 is 0 Å². The normalized spacial score (nSPS) is 13.7. The van der Waals surface area contributed by atoms with Gasteiger partial charge in [0.25, 0.3) is 0 Å². The van der Waals surface area contributed by atoms with Crippen LogP contribution < -0.4 is 0 Å². The Balaban J connectivity index is 1.02. The van der Waals surface area contributed by atoms with Crippen LogP contribution in [-0.4, -0.2) is 10.3 Å². The van der Waals surface area contributed by atoms with Crippen molar-refractivity contribution in [3.05, 3.63) is 227 Å². The molecule has 0 radical (unpaired) electrons. The summed E-state index contributed by atoms with van der Waals surface area (Å²) in [4.78, 5) is 5.51. The minimum absolute atomic E-state index is 0.110. The van der Waals surface area contributed by atoms with Gasteiger partial charge < -0.3 is 4.57 Å². The first-order valence-corrected chi connectivity index (χ1v) is 20.3. The van der Waals surface area contributed by atoms with Gasteiger partial charge in [-0.3, -0.25) is 0 Å². The first-order chi connectivity index (χ1) is 28.3. The molecule has 0 unspecified atom stereocenters. The van der Waals surface area contributed by atoms with Gasteiger partial charge in [-0.05, 0) is 117 Å². The molecule has 2 heteroatoms. The highest BCUT2D eigenvalue weighted by molar-refractivity contribution is 6.16. The number of nitrogens with zero attached hydrogens (tertiary/aromatic N) is 2. The summed E-state index contributed by atoms with van der Waals surface area (Å²) in [6, 6.07) is 64.3. The number of benzene rings is 8. The Kier molecular flexibility index (Phi) is 7.68. The fourth-order valence-corrected chi connectivity index (χ4v) is 9.83. The molecule has 1 aromatic heterocycles. The predicted octanol–water partition coefficient (Wildman–Crippen LogP) is 14.1. The van der Waals surface area contributed by atoms with Crippen LogP contribution in [0.2, 0.25) is 0 Å². The van der Waals surface area contributed by atoms with Crippen LogP contribution in [0.25, 0.3) is 66.6 Å². The molecule has 8 aromatic carbocycles. The Hall–Kier alpha value is -7.03. The Morgan fingerprint density at radius 3 is 2.14 bits per heavy atom. The molecule has 11 rings (SSSR count). The first kappa shape index (κ1) is 34.2. The van der Waals surface area contributed by atoms with Crippen LogP contribution in [0.1, 0.15) is 58.4 Å². The Labute approximate surface area is 340 Å². The number of hydrogen-bond acceptors (Lipinski definition) is 1. The fourth-order valence-electron chi connectivity index (χ4n) is 9.83. The molecular weight excluding hydrogens is 701 g/mol. The van der Waals surface area contributed by atoms with Gasteiger partial charge in [0, 0.05) is 38.6 Å². The van der Waals surface area contributed by atoms with Crippen molar-refractivity contribution in [2.24, 2.45) is 4.99 Å². The third-order valence-electron chi connectivity index (χ3n) is 12.7. The maximum Gasteiger partial charge on any atom is 0.0784 e. The van der Waals surface area contributed by atoms with Gasteiger partial charge >= 0.3 is 0 Å². The van der Waals surface area contributed by atoms with Gasteiger partial charge in [0.2, 0.25) is 0 Å². The summed E-state index contributed by atoms with van der Waals surface area (Å²) < 4.78 is 2.37. The average molecular weight is 743 g/mol. The zero-order valence-electron chi connectivity index (χ0n) is 33.1. The van der Waals surface area contributed by atoms with Crippen LogP contribution in [0.5, 0.6) is 0 Å². The van der Waals surface area contributed by atoms with Gasteiger partial charge in [0.15, 0.2) is 0 Å². The van der Waals surface area contributed by atoms with E-state index in [1.54, 1.807) is 0 Å². The average Bonchev–Trinajstić information content (AvgIpc) is 3.88. The van der Waals surface area contributed by atoms with Crippen molar-refractivity contribution in [3.8, 4) is 39.1 Å². The molecule has 0 atom stereocenters. The molecule has 0 spiro atoms. The number of fused-ring (bicyclic) bond motifs is 9. The van der Waals surface area contributed by atoms with E-state index in [-0.39, 0.29) is 5.41 Å². The molecule has 276 valence electrons. The molecule has 0 bridgehead atoms. The van der Waals surface area contributed by atoms with E-state index < -0.39 is 0 Å². The summed E-state index contributed by atoms with van der Waals surface area (Å²) in [5.41, 5.74) is 22.6. The number of aromatic nitrogens is 1. The standard InChI is InChI=1S/C56H42N2/c1-35-15-8-9-19-43(35)55(41-27-29-46-45-20-10-12-23-50(45)56(3,4)51(46)34-41)57-36(2)44-22-14-16-40-31-39-26-25-37(32-48(39)54(40)44)38-28-30-53-49(33-38)47-21-11-13-24-52(47)58(53)42-17-6-5-7-18-42/h5-30,32-34H,2,31H2,1,3-4H3. The highest BCUT2D eigenvalue weighted by Crippen LogP contribution is 2.49. The number of aliphatic imine (C=N–C) groups is 1. The minimum atomic E-state index is -0.110. The molecule has 2 aliphatic carbocycles. The van der Waals surface area contributed by atoms with E-state index in [1.165, 1.54) is 88.7 Å². The van der Waals surface area contributed by atoms with Crippen molar-refractivity contribution in [1.29, 1.82) is 0 Å². The maximum atomic E-state index is 5.51. The molecule has 0 amide bonds. The number of para-hydroxylation sites is 2. The highest BCUT2D eigenvalue weighted by Gasteiger charge is 2.35. The van der Waals surface area contributed by atoms with E-state index in [0.29, 0.717) is 0 Å². The first-order valence-electron chi connectivity index (χ1n) is 20.3. The van der Waals surface area contributed by atoms with E-state index in [1.807, 2.05) is 0 Å². The molecule has 0 N–H and O–H groups in total. The van der Waals surface area contributed by atoms with Gasteiger partial charge in [-0.1, -0.05) is 154 Å². The van der Waals surface area contributed by atoms with E-state index in [2.05, 4.69) is 201 Å². The third kappa shape index (κ3) is 5.22. The van der Waals surface area contributed by atoms with Gasteiger partial charge in [-0.25, -0.2) is 4.99 Å². The molecule has 2 nitrogen and oxygen atoms in total. The number of hydrogen-bond donors (Lipinski definition) is 0. The van der Waals surface area contributed by atoms with Crippen molar-refractivity contribution in [2.75, 3.05) is 0 Å². The summed E-state index contributed by atoms with van der Waals surface area (Å²) in [7, 11) is 0. The zero-order valence-corrected chi connectivity index (χ0v) is 33.1. The number of rotatable bonds is 6. The van der Waals surface area contributed by atoms with Crippen LogP contribution in [0.15, 0.2) is 187 Å². The molecule has 0 saturated heterocycles. The summed E-state index contributed by atoms with van der Waals surface area (Å²) >= 11 is 0. The van der Waals surface area contributed by atoms with Crippen LogP contribution in [0, 0.1) is 6.92 Å². The Morgan fingerprint density at radius 2 is 1.26 bits per heavy atom. The third-order valence-corrected chi connectivity index (χ3v) is 12.7. The topological polar surface area (TPSA) is 17.3 Å². The van der Waals surface area contributed by atoms with Crippen LogP contribution in [-0.2, 0) is 11.8 Å². The SMILES string of the molecule is C=C(N=C(c1ccc2c(c1)C(C)(C)c1ccccc1-2)c1ccccc1C)c1cccc2c1-c1cc(-c3ccc4c(c3)c3ccccc3n4-c3ccccc3)ccc1C2. The smallest absolute Gasteiger partial charge is 0.0784 e. The molecule has 0 saturated carbocycles. The highest BCUT2D eigenvalue weighted by atomic mass is 15.0. The maximum absolute atomic E-state index is 5.51. The van der Waals surface area contributed by atoms with Gasteiger partial charge in [0.1, 0.15) is 0 Å². The van der Waals surface area contributed by atoms with E-state index in [9.17, 15) is 0 Å². The lowest BCUT2D eigenvalue weighted by molar-refractivity contribution is 0.660. The Bertz CT molecular complexity index is 3190. The second kappa shape index (κ2) is 13.0. The minimum Gasteiger partial charge on any atom is -0.309 e. The lowest BCUT2D eigenvalue weighted by atomic mass is 9.81. The monoisotopic (exact) mass is 742 g/mol.